The highest BCUT2D eigenvalue weighted by Gasteiger charge is 2.11. The summed E-state index contributed by atoms with van der Waals surface area (Å²) in [7, 11) is 1.58. The summed E-state index contributed by atoms with van der Waals surface area (Å²) in [5.41, 5.74) is 0.954. The van der Waals surface area contributed by atoms with Crippen molar-refractivity contribution in [2.75, 3.05) is 13.7 Å². The molecule has 0 aliphatic heterocycles. The van der Waals surface area contributed by atoms with Crippen LogP contribution in [0.2, 0.25) is 0 Å². The molecule has 6 nitrogen and oxygen atoms in total. The zero-order valence-electron chi connectivity index (χ0n) is 15.9. The van der Waals surface area contributed by atoms with E-state index in [9.17, 15) is 15.3 Å². The number of nitrogens with zero attached hydrogens (tertiary/aromatic N) is 3. The van der Waals surface area contributed by atoms with Gasteiger partial charge in [-0.15, -0.1) is 11.3 Å². The van der Waals surface area contributed by atoms with Crippen LogP contribution in [0.4, 0.5) is 0 Å². The van der Waals surface area contributed by atoms with Crippen LogP contribution in [0.15, 0.2) is 53.3 Å². The number of hydrogen-bond acceptors (Lipinski definition) is 6. The van der Waals surface area contributed by atoms with Gasteiger partial charge in [0.1, 0.15) is 28.3 Å². The highest BCUT2D eigenvalue weighted by atomic mass is 32.1. The molecule has 0 fully saturated rings. The Hall–Kier alpha value is -3.81. The molecule has 0 N–H and O–H groups in total. The van der Waals surface area contributed by atoms with Crippen molar-refractivity contribution in [3.8, 4) is 29.3 Å². The van der Waals surface area contributed by atoms with Crippen molar-refractivity contribution in [3.05, 3.63) is 73.6 Å². The van der Waals surface area contributed by atoms with Crippen molar-refractivity contribution < 1.29 is 9.47 Å². The lowest BCUT2D eigenvalue weighted by Gasteiger charge is -2.05. The minimum atomic E-state index is -0.298. The molecule has 1 heterocycles. The molecule has 0 aliphatic rings. The Labute approximate surface area is 171 Å². The molecule has 3 aromatic rings. The minimum absolute atomic E-state index is 0.115. The zero-order valence-corrected chi connectivity index (χ0v) is 16.7. The van der Waals surface area contributed by atoms with Crippen LogP contribution in [0.25, 0.3) is 17.3 Å². The summed E-state index contributed by atoms with van der Waals surface area (Å²) in [4.78, 5) is 13.1. The van der Waals surface area contributed by atoms with Gasteiger partial charge >= 0.3 is 0 Å². The normalized spacial score (nSPS) is 10.8. The van der Waals surface area contributed by atoms with Crippen molar-refractivity contribution in [3.63, 3.8) is 0 Å². The molecular formula is C22H17N3O3S. The van der Waals surface area contributed by atoms with Gasteiger partial charge in [-0.3, -0.25) is 9.36 Å². The van der Waals surface area contributed by atoms with Gasteiger partial charge in [0, 0.05) is 0 Å². The Morgan fingerprint density at radius 3 is 2.24 bits per heavy atom. The summed E-state index contributed by atoms with van der Waals surface area (Å²) in [5.74, 6) is 1.39. The molecule has 0 atom stereocenters. The Balaban J connectivity index is 2.24. The lowest BCUT2D eigenvalue weighted by molar-refractivity contribution is 0.340. The Bertz CT molecular complexity index is 1260. The molecule has 0 aliphatic carbocycles. The second-order valence-electron chi connectivity index (χ2n) is 5.86. The Kier molecular flexibility index (Phi) is 6.13. The third-order valence-corrected chi connectivity index (χ3v) is 5.17. The molecule has 0 bridgehead atoms. The fourth-order valence-corrected chi connectivity index (χ4v) is 3.77. The average Bonchev–Trinajstić information content (AvgIpc) is 3.06. The van der Waals surface area contributed by atoms with Crippen LogP contribution < -0.4 is 24.2 Å². The fraction of sp³-hybridized carbons (Fsp3) is 0.136. The maximum atomic E-state index is 13.1. The molecule has 0 amide bonds. The summed E-state index contributed by atoms with van der Waals surface area (Å²) in [6.07, 6.45) is 1.73. The van der Waals surface area contributed by atoms with E-state index in [-0.39, 0.29) is 11.1 Å². The first-order chi connectivity index (χ1) is 14.1. The largest absolute Gasteiger partial charge is 0.497 e. The Morgan fingerprint density at radius 2 is 1.69 bits per heavy atom. The van der Waals surface area contributed by atoms with Gasteiger partial charge in [0.2, 0.25) is 0 Å². The van der Waals surface area contributed by atoms with Crippen LogP contribution in [-0.2, 0) is 0 Å². The lowest BCUT2D eigenvalue weighted by atomic mass is 10.2. The maximum absolute atomic E-state index is 13.1. The topological polar surface area (TPSA) is 88.0 Å². The highest BCUT2D eigenvalue weighted by molar-refractivity contribution is 7.07. The monoisotopic (exact) mass is 403 g/mol. The first-order valence-corrected chi connectivity index (χ1v) is 9.58. The first kappa shape index (κ1) is 19.9. The third kappa shape index (κ3) is 4.21. The number of thiazole rings is 1. The van der Waals surface area contributed by atoms with Gasteiger partial charge < -0.3 is 9.47 Å². The van der Waals surface area contributed by atoms with E-state index in [1.807, 2.05) is 31.2 Å². The highest BCUT2D eigenvalue weighted by Crippen LogP contribution is 2.14. The number of aromatic nitrogens is 1. The van der Waals surface area contributed by atoms with Gasteiger partial charge in [-0.1, -0.05) is 12.1 Å². The summed E-state index contributed by atoms with van der Waals surface area (Å²) in [6, 6.07) is 18.0. The molecule has 144 valence electrons. The van der Waals surface area contributed by atoms with Gasteiger partial charge in [-0.25, -0.2) is 0 Å². The van der Waals surface area contributed by atoms with Crippen LogP contribution in [0.5, 0.6) is 11.5 Å². The lowest BCUT2D eigenvalue weighted by Crippen LogP contribution is -2.30. The summed E-state index contributed by atoms with van der Waals surface area (Å²) in [5, 5.41) is 18.7. The second-order valence-corrected chi connectivity index (χ2v) is 6.89. The van der Waals surface area contributed by atoms with Crippen molar-refractivity contribution in [2.45, 2.75) is 6.92 Å². The second kappa shape index (κ2) is 8.92. The third-order valence-electron chi connectivity index (χ3n) is 4.08. The quantitative estimate of drug-likeness (QED) is 0.652. The van der Waals surface area contributed by atoms with Crippen molar-refractivity contribution in [2.24, 2.45) is 0 Å². The van der Waals surface area contributed by atoms with Gasteiger partial charge in [0.15, 0.2) is 5.57 Å². The number of rotatable bonds is 5. The molecule has 0 unspecified atom stereocenters. The number of nitriles is 2. The van der Waals surface area contributed by atoms with E-state index in [1.165, 1.54) is 4.57 Å². The maximum Gasteiger partial charge on any atom is 0.273 e. The van der Waals surface area contributed by atoms with Gasteiger partial charge in [-0.2, -0.15) is 10.5 Å². The molecule has 7 heteroatoms. The molecule has 0 radical (unpaired) electrons. The van der Waals surface area contributed by atoms with E-state index in [0.29, 0.717) is 33.0 Å². The van der Waals surface area contributed by atoms with Crippen LogP contribution in [0.1, 0.15) is 12.5 Å². The summed E-state index contributed by atoms with van der Waals surface area (Å²) < 4.78 is 12.7. The molecular weight excluding hydrogens is 386 g/mol. The van der Waals surface area contributed by atoms with Gasteiger partial charge in [0.25, 0.3) is 5.56 Å². The molecule has 2 aromatic carbocycles. The predicted molar refractivity (Wildman–Crippen MR) is 112 cm³/mol. The van der Waals surface area contributed by atoms with E-state index in [4.69, 9.17) is 9.47 Å². The standard InChI is InChI=1S/C22H17N3O3S/c1-3-28-19-10-6-17(7-11-19)25-21(26)20(29-22(25)16(13-23)14-24)12-15-4-8-18(27-2)9-5-15/h4-12H,3H2,1-2H3/b20-12+. The van der Waals surface area contributed by atoms with Crippen molar-refractivity contribution >= 4 is 23.0 Å². The van der Waals surface area contributed by atoms with Crippen LogP contribution in [0, 0.1) is 22.7 Å². The first-order valence-electron chi connectivity index (χ1n) is 8.76. The van der Waals surface area contributed by atoms with E-state index in [2.05, 4.69) is 0 Å². The number of benzene rings is 2. The number of hydrogen-bond donors (Lipinski definition) is 0. The SMILES string of the molecule is CCOc1ccc(-n2c(=C(C#N)C#N)s/c(=C/c3ccc(OC)cc3)c2=O)cc1. The molecule has 29 heavy (non-hydrogen) atoms. The molecule has 0 spiro atoms. The average molecular weight is 403 g/mol. The van der Waals surface area contributed by atoms with E-state index in [1.54, 1.807) is 49.6 Å². The minimum Gasteiger partial charge on any atom is -0.497 e. The van der Waals surface area contributed by atoms with Gasteiger partial charge in [-0.05, 0) is 55.0 Å². The smallest absolute Gasteiger partial charge is 0.273 e. The zero-order chi connectivity index (χ0) is 20.8. The van der Waals surface area contributed by atoms with Crippen molar-refractivity contribution in [1.82, 2.24) is 4.57 Å². The molecule has 0 saturated carbocycles. The molecule has 3 rings (SSSR count). The van der Waals surface area contributed by atoms with Gasteiger partial charge in [0.05, 0.1) is 23.9 Å². The number of methoxy groups -OCH3 is 1. The van der Waals surface area contributed by atoms with Crippen LogP contribution in [-0.4, -0.2) is 18.3 Å². The molecule has 1 aromatic heterocycles. The van der Waals surface area contributed by atoms with E-state index >= 15 is 0 Å². The van der Waals surface area contributed by atoms with Crippen LogP contribution >= 0.6 is 11.3 Å². The van der Waals surface area contributed by atoms with E-state index < -0.39 is 0 Å². The fourth-order valence-electron chi connectivity index (χ4n) is 2.71. The number of ether oxygens (including phenoxy) is 2. The van der Waals surface area contributed by atoms with Crippen LogP contribution in [0.3, 0.4) is 0 Å². The van der Waals surface area contributed by atoms with Crippen molar-refractivity contribution in [1.29, 1.82) is 10.5 Å². The Morgan fingerprint density at radius 1 is 1.07 bits per heavy atom. The molecule has 0 saturated heterocycles. The predicted octanol–water partition coefficient (Wildman–Crippen LogP) is 2.33. The summed E-state index contributed by atoms with van der Waals surface area (Å²) >= 11 is 1.11. The summed E-state index contributed by atoms with van der Waals surface area (Å²) in [6.45, 7) is 2.42. The van der Waals surface area contributed by atoms with E-state index in [0.717, 1.165) is 16.9 Å².